The average Bonchev–Trinajstić information content (AvgIpc) is 2.04. The van der Waals surface area contributed by atoms with E-state index in [0.29, 0.717) is 5.56 Å². The van der Waals surface area contributed by atoms with Crippen molar-refractivity contribution in [2.24, 2.45) is 0 Å². The summed E-state index contributed by atoms with van der Waals surface area (Å²) < 4.78 is 0. The molecule has 1 aromatic heterocycles. The Labute approximate surface area is 68.9 Å². The number of hydrogen-bond acceptors (Lipinski definition) is 3. The van der Waals surface area contributed by atoms with Gasteiger partial charge in [-0.25, -0.2) is 4.98 Å². The van der Waals surface area contributed by atoms with E-state index in [4.69, 9.17) is 22.0 Å². The van der Waals surface area contributed by atoms with Crippen LogP contribution in [0.2, 0.25) is 5.15 Å². The lowest BCUT2D eigenvalue weighted by atomic mass is 10.2. The van der Waals surface area contributed by atoms with E-state index in [1.165, 1.54) is 6.20 Å². The van der Waals surface area contributed by atoms with E-state index in [2.05, 4.69) is 4.98 Å². The predicted molar refractivity (Wildman–Crippen MR) is 39.9 cm³/mol. The molecule has 11 heavy (non-hydrogen) atoms. The predicted octanol–water partition coefficient (Wildman–Crippen LogP) is 1.10. The van der Waals surface area contributed by atoms with Crippen molar-refractivity contribution in [2.45, 2.75) is 6.61 Å². The molecular formula is C7H5ClN2O. The van der Waals surface area contributed by atoms with Crippen molar-refractivity contribution in [1.82, 2.24) is 4.98 Å². The van der Waals surface area contributed by atoms with Gasteiger partial charge in [0.25, 0.3) is 0 Å². The van der Waals surface area contributed by atoms with Crippen LogP contribution < -0.4 is 0 Å². The first-order valence-electron chi connectivity index (χ1n) is 2.94. The summed E-state index contributed by atoms with van der Waals surface area (Å²) >= 11 is 5.56. The minimum absolute atomic E-state index is 0.138. The fourth-order valence-electron chi connectivity index (χ4n) is 0.723. The molecule has 0 atom stereocenters. The van der Waals surface area contributed by atoms with Gasteiger partial charge in [0.15, 0.2) is 0 Å². The summed E-state index contributed by atoms with van der Waals surface area (Å²) in [5.41, 5.74) is 0.754. The van der Waals surface area contributed by atoms with Crippen LogP contribution in [-0.2, 0) is 6.61 Å². The fourth-order valence-corrected chi connectivity index (χ4v) is 0.943. The Bertz CT molecular complexity index is 306. The minimum Gasteiger partial charge on any atom is -0.392 e. The lowest BCUT2D eigenvalue weighted by Crippen LogP contribution is -1.91. The first-order valence-corrected chi connectivity index (χ1v) is 3.31. The number of pyridine rings is 1. The number of aliphatic hydroxyl groups excluding tert-OH is 1. The minimum atomic E-state index is -0.189. The van der Waals surface area contributed by atoms with Crippen molar-refractivity contribution < 1.29 is 5.11 Å². The molecule has 1 heterocycles. The molecule has 0 aliphatic carbocycles. The maximum Gasteiger partial charge on any atom is 0.147 e. The summed E-state index contributed by atoms with van der Waals surface area (Å²) in [5.74, 6) is 0. The molecular weight excluding hydrogens is 164 g/mol. The van der Waals surface area contributed by atoms with Crippen molar-refractivity contribution in [3.05, 3.63) is 28.5 Å². The van der Waals surface area contributed by atoms with Gasteiger partial charge in [-0.05, 0) is 11.6 Å². The molecule has 0 radical (unpaired) electrons. The monoisotopic (exact) mass is 168 g/mol. The molecule has 56 valence electrons. The summed E-state index contributed by atoms with van der Waals surface area (Å²) in [5, 5.41) is 17.4. The van der Waals surface area contributed by atoms with Crippen LogP contribution in [0.4, 0.5) is 0 Å². The quantitative estimate of drug-likeness (QED) is 0.639. The highest BCUT2D eigenvalue weighted by Gasteiger charge is 2.04. The molecule has 0 aliphatic rings. The number of hydrogen-bond donors (Lipinski definition) is 1. The first kappa shape index (κ1) is 7.99. The van der Waals surface area contributed by atoms with Crippen LogP contribution in [0.3, 0.4) is 0 Å². The van der Waals surface area contributed by atoms with Crippen LogP contribution in [0.1, 0.15) is 11.1 Å². The molecule has 0 fully saturated rings. The van der Waals surface area contributed by atoms with Crippen LogP contribution in [0.5, 0.6) is 0 Å². The van der Waals surface area contributed by atoms with Crippen LogP contribution in [0.15, 0.2) is 12.3 Å². The maximum absolute atomic E-state index is 8.74. The second-order valence-electron chi connectivity index (χ2n) is 1.91. The summed E-state index contributed by atoms with van der Waals surface area (Å²) in [6.07, 6.45) is 1.45. The van der Waals surface area contributed by atoms with Gasteiger partial charge in [0.05, 0.1) is 12.2 Å². The molecule has 0 aliphatic heterocycles. The van der Waals surface area contributed by atoms with Crippen molar-refractivity contribution in [2.75, 3.05) is 0 Å². The topological polar surface area (TPSA) is 56.9 Å². The Morgan fingerprint density at radius 1 is 1.73 bits per heavy atom. The lowest BCUT2D eigenvalue weighted by molar-refractivity contribution is 0.281. The van der Waals surface area contributed by atoms with Crippen molar-refractivity contribution in [3.8, 4) is 6.07 Å². The van der Waals surface area contributed by atoms with Crippen molar-refractivity contribution in [1.29, 1.82) is 5.26 Å². The molecule has 1 rings (SSSR count). The van der Waals surface area contributed by atoms with Gasteiger partial charge in [-0.3, -0.25) is 0 Å². The third kappa shape index (κ3) is 1.48. The number of aromatic nitrogens is 1. The zero-order chi connectivity index (χ0) is 8.27. The van der Waals surface area contributed by atoms with E-state index in [1.807, 2.05) is 6.07 Å². The molecule has 4 heteroatoms. The van der Waals surface area contributed by atoms with E-state index in [9.17, 15) is 0 Å². The molecule has 1 N–H and O–H groups in total. The van der Waals surface area contributed by atoms with Gasteiger partial charge in [0.1, 0.15) is 11.2 Å². The lowest BCUT2D eigenvalue weighted by Gasteiger charge is -1.98. The second kappa shape index (κ2) is 3.33. The van der Waals surface area contributed by atoms with Gasteiger partial charge < -0.3 is 5.11 Å². The SMILES string of the molecule is N#Cc1c(CO)ccnc1Cl. The van der Waals surface area contributed by atoms with Gasteiger partial charge in [0.2, 0.25) is 0 Å². The number of halogens is 1. The van der Waals surface area contributed by atoms with Crippen LogP contribution in [0.25, 0.3) is 0 Å². The zero-order valence-corrected chi connectivity index (χ0v) is 6.34. The van der Waals surface area contributed by atoms with E-state index in [0.717, 1.165) is 0 Å². The zero-order valence-electron chi connectivity index (χ0n) is 5.58. The summed E-state index contributed by atoms with van der Waals surface area (Å²) in [6, 6.07) is 3.42. The summed E-state index contributed by atoms with van der Waals surface area (Å²) in [4.78, 5) is 3.69. The van der Waals surface area contributed by atoms with Crippen LogP contribution >= 0.6 is 11.6 Å². The highest BCUT2D eigenvalue weighted by atomic mass is 35.5. The van der Waals surface area contributed by atoms with Gasteiger partial charge in [0, 0.05) is 6.20 Å². The Kier molecular flexibility index (Phi) is 2.42. The fraction of sp³-hybridized carbons (Fsp3) is 0.143. The average molecular weight is 169 g/mol. The van der Waals surface area contributed by atoms with Gasteiger partial charge in [-0.15, -0.1) is 0 Å². The van der Waals surface area contributed by atoms with Gasteiger partial charge in [-0.1, -0.05) is 11.6 Å². The first-order chi connectivity index (χ1) is 5.29. The van der Waals surface area contributed by atoms with E-state index < -0.39 is 0 Å². The standard InChI is InChI=1S/C7H5ClN2O/c8-7-6(3-9)5(4-11)1-2-10-7/h1-2,11H,4H2. The highest BCUT2D eigenvalue weighted by Crippen LogP contribution is 2.15. The number of nitriles is 1. The summed E-state index contributed by atoms with van der Waals surface area (Å²) in [7, 11) is 0. The summed E-state index contributed by atoms with van der Waals surface area (Å²) in [6.45, 7) is -0.189. The van der Waals surface area contributed by atoms with Crippen LogP contribution in [-0.4, -0.2) is 10.1 Å². The van der Waals surface area contributed by atoms with Gasteiger partial charge in [-0.2, -0.15) is 5.26 Å². The molecule has 1 aromatic rings. The molecule has 0 bridgehead atoms. The third-order valence-corrected chi connectivity index (χ3v) is 1.56. The third-order valence-electron chi connectivity index (χ3n) is 1.27. The van der Waals surface area contributed by atoms with Crippen LogP contribution in [0, 0.1) is 11.3 Å². The largest absolute Gasteiger partial charge is 0.392 e. The Morgan fingerprint density at radius 3 is 2.91 bits per heavy atom. The number of nitrogens with zero attached hydrogens (tertiary/aromatic N) is 2. The van der Waals surface area contributed by atoms with E-state index in [-0.39, 0.29) is 17.3 Å². The molecule has 0 aromatic carbocycles. The Balaban J connectivity index is 3.27. The number of rotatable bonds is 1. The van der Waals surface area contributed by atoms with Crippen molar-refractivity contribution >= 4 is 11.6 Å². The maximum atomic E-state index is 8.74. The Morgan fingerprint density at radius 2 is 2.45 bits per heavy atom. The van der Waals surface area contributed by atoms with Crippen molar-refractivity contribution in [3.63, 3.8) is 0 Å². The molecule has 3 nitrogen and oxygen atoms in total. The number of aliphatic hydroxyl groups is 1. The van der Waals surface area contributed by atoms with Gasteiger partial charge >= 0.3 is 0 Å². The smallest absolute Gasteiger partial charge is 0.147 e. The van der Waals surface area contributed by atoms with E-state index >= 15 is 0 Å². The highest BCUT2D eigenvalue weighted by molar-refractivity contribution is 6.30. The Hall–Kier alpha value is -1.11. The second-order valence-corrected chi connectivity index (χ2v) is 2.26. The molecule has 0 saturated carbocycles. The molecule has 0 saturated heterocycles. The normalized spacial score (nSPS) is 9.18. The molecule has 0 amide bonds. The molecule has 0 unspecified atom stereocenters. The molecule has 0 spiro atoms. The van der Waals surface area contributed by atoms with E-state index in [1.54, 1.807) is 6.07 Å².